The molecule has 0 aliphatic heterocycles. The Morgan fingerprint density at radius 2 is 2.18 bits per heavy atom. The molecular formula is C13H19N3S. The molecule has 0 aromatic carbocycles. The van der Waals surface area contributed by atoms with Gasteiger partial charge in [0.2, 0.25) is 0 Å². The first-order chi connectivity index (χ1) is 8.38. The van der Waals surface area contributed by atoms with Gasteiger partial charge in [-0.2, -0.15) is 0 Å². The molecule has 3 saturated carbocycles. The van der Waals surface area contributed by atoms with Crippen molar-refractivity contribution < 1.29 is 0 Å². The minimum Gasteiger partial charge on any atom is -0.271 e. The third-order valence-electron chi connectivity index (χ3n) is 5.35. The summed E-state index contributed by atoms with van der Waals surface area (Å²) in [5.74, 6) is 10.7. The fraction of sp³-hybridized carbons (Fsp3) is 0.769. The zero-order chi connectivity index (χ0) is 11.4. The molecule has 2 bridgehead atoms. The summed E-state index contributed by atoms with van der Waals surface area (Å²) < 4.78 is 0. The van der Waals surface area contributed by atoms with Crippen LogP contribution in [0.3, 0.4) is 0 Å². The summed E-state index contributed by atoms with van der Waals surface area (Å²) in [6, 6.07) is 0.458. The number of hydrogen-bond acceptors (Lipinski definition) is 4. The number of thiazole rings is 1. The predicted molar refractivity (Wildman–Crippen MR) is 68.2 cm³/mol. The van der Waals surface area contributed by atoms with Crippen molar-refractivity contribution in [1.29, 1.82) is 0 Å². The molecule has 3 N–H and O–H groups in total. The lowest BCUT2D eigenvalue weighted by Gasteiger charge is -2.18. The van der Waals surface area contributed by atoms with Gasteiger partial charge >= 0.3 is 0 Å². The minimum atomic E-state index is 0.458. The molecule has 3 aliphatic rings. The van der Waals surface area contributed by atoms with Gasteiger partial charge in [-0.05, 0) is 48.9 Å². The standard InChI is InChI=1S/C13H19N3S/c14-16-9(6-10-15-3-4-17-10)13-11-7-1-2-8(5-7)12(11)13/h3-4,7-9,11-13,16H,1-2,5-6,14H2. The van der Waals surface area contributed by atoms with Crippen molar-refractivity contribution in [2.24, 2.45) is 35.4 Å². The summed E-state index contributed by atoms with van der Waals surface area (Å²) in [7, 11) is 0. The Labute approximate surface area is 106 Å². The van der Waals surface area contributed by atoms with Crippen molar-refractivity contribution in [2.75, 3.05) is 0 Å². The van der Waals surface area contributed by atoms with Gasteiger partial charge in [-0.25, -0.2) is 4.98 Å². The Balaban J connectivity index is 1.48. The van der Waals surface area contributed by atoms with E-state index >= 15 is 0 Å². The van der Waals surface area contributed by atoms with Crippen LogP contribution >= 0.6 is 11.3 Å². The van der Waals surface area contributed by atoms with E-state index in [9.17, 15) is 0 Å². The number of nitrogens with two attached hydrogens (primary N) is 1. The van der Waals surface area contributed by atoms with Crippen LogP contribution in [0.2, 0.25) is 0 Å². The molecule has 3 nitrogen and oxygen atoms in total. The van der Waals surface area contributed by atoms with Gasteiger partial charge in [0.05, 0.1) is 5.01 Å². The van der Waals surface area contributed by atoms with Crippen LogP contribution in [0.25, 0.3) is 0 Å². The van der Waals surface area contributed by atoms with Crippen LogP contribution < -0.4 is 11.3 Å². The second-order valence-corrected chi connectivity index (χ2v) is 6.95. The van der Waals surface area contributed by atoms with Gasteiger partial charge in [-0.1, -0.05) is 0 Å². The van der Waals surface area contributed by atoms with Crippen molar-refractivity contribution in [3.8, 4) is 0 Å². The topological polar surface area (TPSA) is 50.9 Å². The lowest BCUT2D eigenvalue weighted by Crippen LogP contribution is -2.40. The third kappa shape index (κ3) is 1.51. The normalized spacial score (nSPS) is 43.7. The van der Waals surface area contributed by atoms with Crippen LogP contribution in [0.4, 0.5) is 0 Å². The molecule has 5 atom stereocenters. The third-order valence-corrected chi connectivity index (χ3v) is 6.15. The molecule has 0 amide bonds. The van der Waals surface area contributed by atoms with E-state index in [1.807, 2.05) is 6.20 Å². The van der Waals surface area contributed by atoms with Crippen molar-refractivity contribution in [3.05, 3.63) is 16.6 Å². The lowest BCUT2D eigenvalue weighted by molar-refractivity contribution is 0.364. The molecule has 17 heavy (non-hydrogen) atoms. The molecule has 92 valence electrons. The van der Waals surface area contributed by atoms with Gasteiger partial charge in [-0.3, -0.25) is 11.3 Å². The van der Waals surface area contributed by atoms with Crippen LogP contribution in [0.5, 0.6) is 0 Å². The van der Waals surface area contributed by atoms with E-state index < -0.39 is 0 Å². The fourth-order valence-corrected chi connectivity index (χ4v) is 5.45. The van der Waals surface area contributed by atoms with E-state index in [0.29, 0.717) is 6.04 Å². The zero-order valence-corrected chi connectivity index (χ0v) is 10.7. The molecule has 3 fully saturated rings. The van der Waals surface area contributed by atoms with E-state index in [1.54, 1.807) is 11.3 Å². The van der Waals surface area contributed by atoms with Crippen LogP contribution in [0, 0.1) is 29.6 Å². The molecule has 1 aromatic rings. The quantitative estimate of drug-likeness (QED) is 0.632. The second-order valence-electron chi connectivity index (χ2n) is 5.97. The first-order valence-electron chi connectivity index (χ1n) is 6.73. The van der Waals surface area contributed by atoms with E-state index in [0.717, 1.165) is 36.0 Å². The monoisotopic (exact) mass is 249 g/mol. The van der Waals surface area contributed by atoms with Crippen LogP contribution in [0.15, 0.2) is 11.6 Å². The Kier molecular flexibility index (Phi) is 2.32. The van der Waals surface area contributed by atoms with E-state index in [2.05, 4.69) is 15.8 Å². The molecule has 0 saturated heterocycles. The zero-order valence-electron chi connectivity index (χ0n) is 9.88. The fourth-order valence-electron chi connectivity index (χ4n) is 4.78. The Bertz CT molecular complexity index is 389. The highest BCUT2D eigenvalue weighted by Crippen LogP contribution is 2.70. The molecule has 0 spiro atoms. The highest BCUT2D eigenvalue weighted by atomic mass is 32.1. The number of aromatic nitrogens is 1. The predicted octanol–water partition coefficient (Wildman–Crippen LogP) is 1.81. The maximum Gasteiger partial charge on any atom is 0.0940 e. The van der Waals surface area contributed by atoms with Crippen molar-refractivity contribution >= 4 is 11.3 Å². The first kappa shape index (κ1) is 10.5. The molecule has 1 heterocycles. The number of fused-ring (bicyclic) bond motifs is 5. The maximum absolute atomic E-state index is 5.77. The minimum absolute atomic E-state index is 0.458. The average Bonchev–Trinajstić information content (AvgIpc) is 2.82. The van der Waals surface area contributed by atoms with Crippen LogP contribution in [-0.4, -0.2) is 11.0 Å². The highest BCUT2D eigenvalue weighted by molar-refractivity contribution is 7.09. The largest absolute Gasteiger partial charge is 0.271 e. The summed E-state index contributed by atoms with van der Waals surface area (Å²) >= 11 is 1.75. The first-order valence-corrected chi connectivity index (χ1v) is 7.61. The summed E-state index contributed by atoms with van der Waals surface area (Å²) in [4.78, 5) is 4.38. The number of nitrogens with one attached hydrogen (secondary N) is 1. The molecule has 4 rings (SSSR count). The number of hydrogen-bond donors (Lipinski definition) is 2. The molecule has 4 heteroatoms. The highest BCUT2D eigenvalue weighted by Gasteiger charge is 2.66. The average molecular weight is 249 g/mol. The molecule has 0 radical (unpaired) electrons. The number of nitrogens with zero attached hydrogens (tertiary/aromatic N) is 1. The lowest BCUT2D eigenvalue weighted by atomic mass is 9.96. The van der Waals surface area contributed by atoms with Gasteiger partial charge in [0, 0.05) is 24.0 Å². The molecule has 1 aromatic heterocycles. The summed E-state index contributed by atoms with van der Waals surface area (Å²) in [5, 5.41) is 3.28. The van der Waals surface area contributed by atoms with E-state index in [4.69, 9.17) is 5.84 Å². The van der Waals surface area contributed by atoms with Gasteiger partial charge in [0.15, 0.2) is 0 Å². The number of hydrazine groups is 1. The second kappa shape index (κ2) is 3.77. The van der Waals surface area contributed by atoms with E-state index in [1.165, 1.54) is 24.3 Å². The number of rotatable bonds is 4. The molecule has 5 unspecified atom stereocenters. The Morgan fingerprint density at radius 3 is 2.76 bits per heavy atom. The van der Waals surface area contributed by atoms with Crippen molar-refractivity contribution in [2.45, 2.75) is 31.7 Å². The Hall–Kier alpha value is -0.450. The van der Waals surface area contributed by atoms with Crippen molar-refractivity contribution in [3.63, 3.8) is 0 Å². The van der Waals surface area contributed by atoms with Gasteiger partial charge in [0.1, 0.15) is 0 Å². The molecular weight excluding hydrogens is 230 g/mol. The summed E-state index contributed by atoms with van der Waals surface area (Å²) in [6.45, 7) is 0. The smallest absolute Gasteiger partial charge is 0.0940 e. The SMILES string of the molecule is NNC(Cc1nccs1)C1C2C3CCC(C3)C21. The molecule has 3 aliphatic carbocycles. The van der Waals surface area contributed by atoms with Gasteiger partial charge in [0.25, 0.3) is 0 Å². The van der Waals surface area contributed by atoms with Crippen LogP contribution in [-0.2, 0) is 6.42 Å². The summed E-state index contributed by atoms with van der Waals surface area (Å²) in [6.07, 6.45) is 7.39. The van der Waals surface area contributed by atoms with Crippen molar-refractivity contribution in [1.82, 2.24) is 10.4 Å². The van der Waals surface area contributed by atoms with Crippen LogP contribution in [0.1, 0.15) is 24.3 Å². The van der Waals surface area contributed by atoms with Gasteiger partial charge < -0.3 is 0 Å². The Morgan fingerprint density at radius 1 is 1.41 bits per heavy atom. The maximum atomic E-state index is 5.77. The van der Waals surface area contributed by atoms with E-state index in [-0.39, 0.29) is 0 Å². The summed E-state index contributed by atoms with van der Waals surface area (Å²) in [5.41, 5.74) is 3.07. The van der Waals surface area contributed by atoms with Gasteiger partial charge in [-0.15, -0.1) is 11.3 Å².